The highest BCUT2D eigenvalue weighted by molar-refractivity contribution is 5.86. The van der Waals surface area contributed by atoms with Gasteiger partial charge in [-0.3, -0.25) is 9.59 Å². The van der Waals surface area contributed by atoms with Gasteiger partial charge in [-0.25, -0.2) is 9.59 Å². The minimum Gasteiger partial charge on any atom is -0.467 e. The molecule has 0 aliphatic rings. The SMILES string of the molecule is CC/C=C\C/C=C\C/C=C\C/C=C\C/C=C\C/C=C\CCC(=O)N[C@@H](C)C(=O)O[C@H](C)[C@H](NC(=O)CCC/C=C\C/C=C\C/C=C\C/C=C\C/C=C\CC)C(=O)OC. The third kappa shape index (κ3) is 34.3. The molecule has 0 aromatic rings. The van der Waals surface area contributed by atoms with Crippen LogP contribution in [0.1, 0.15) is 130 Å². The zero-order valence-corrected chi connectivity index (χ0v) is 36.2. The van der Waals surface area contributed by atoms with Crippen LogP contribution in [0.2, 0.25) is 0 Å². The van der Waals surface area contributed by atoms with Gasteiger partial charge in [0.25, 0.3) is 0 Å². The Morgan fingerprint density at radius 1 is 0.448 bits per heavy atom. The van der Waals surface area contributed by atoms with Crippen molar-refractivity contribution in [1.82, 2.24) is 10.6 Å². The van der Waals surface area contributed by atoms with Crippen LogP contribution in [0.25, 0.3) is 0 Å². The van der Waals surface area contributed by atoms with Crippen molar-refractivity contribution in [3.63, 3.8) is 0 Å². The molecule has 0 aromatic carbocycles. The fourth-order valence-electron chi connectivity index (χ4n) is 5.07. The lowest BCUT2D eigenvalue weighted by Crippen LogP contribution is -2.51. The summed E-state index contributed by atoms with van der Waals surface area (Å²) in [4.78, 5) is 50.2. The van der Waals surface area contributed by atoms with Crippen LogP contribution in [0.15, 0.2) is 134 Å². The van der Waals surface area contributed by atoms with Crippen molar-refractivity contribution < 1.29 is 28.7 Å². The predicted molar refractivity (Wildman–Crippen MR) is 243 cm³/mol. The molecule has 320 valence electrons. The Morgan fingerprint density at radius 3 is 1.17 bits per heavy atom. The van der Waals surface area contributed by atoms with Crippen LogP contribution in [0.5, 0.6) is 0 Å². The number of amides is 2. The molecule has 2 N–H and O–H groups in total. The van der Waals surface area contributed by atoms with E-state index in [2.05, 4.69) is 140 Å². The molecule has 0 bridgehead atoms. The third-order valence-corrected chi connectivity index (χ3v) is 8.34. The topological polar surface area (TPSA) is 111 Å². The number of carbonyl (C=O) groups is 4. The highest BCUT2D eigenvalue weighted by Crippen LogP contribution is 2.07. The van der Waals surface area contributed by atoms with Gasteiger partial charge in [0.05, 0.1) is 7.11 Å². The minimum atomic E-state index is -1.17. The normalized spacial score (nSPS) is 14.4. The van der Waals surface area contributed by atoms with Crippen molar-refractivity contribution in [3.8, 4) is 0 Å². The van der Waals surface area contributed by atoms with Gasteiger partial charge in [-0.05, 0) is 104 Å². The molecule has 0 aromatic heterocycles. The first-order valence-corrected chi connectivity index (χ1v) is 21.3. The van der Waals surface area contributed by atoms with Gasteiger partial charge in [0.2, 0.25) is 11.8 Å². The summed E-state index contributed by atoms with van der Waals surface area (Å²) in [5, 5.41) is 5.28. The largest absolute Gasteiger partial charge is 0.467 e. The molecule has 0 rings (SSSR count). The van der Waals surface area contributed by atoms with Gasteiger partial charge < -0.3 is 20.1 Å². The highest BCUT2D eigenvalue weighted by atomic mass is 16.6. The molecule has 2 amide bonds. The molecule has 0 unspecified atom stereocenters. The lowest BCUT2D eigenvalue weighted by Gasteiger charge is -2.24. The van der Waals surface area contributed by atoms with Crippen molar-refractivity contribution in [2.75, 3.05) is 7.11 Å². The van der Waals surface area contributed by atoms with Gasteiger partial charge in [-0.15, -0.1) is 0 Å². The molecule has 0 heterocycles. The molecular formula is C50H74N2O6. The molecular weight excluding hydrogens is 725 g/mol. The lowest BCUT2D eigenvalue weighted by molar-refractivity contribution is -0.159. The van der Waals surface area contributed by atoms with Gasteiger partial charge in [0.15, 0.2) is 6.04 Å². The fraction of sp³-hybridized carbons (Fsp3) is 0.480. The molecule has 8 nitrogen and oxygen atoms in total. The van der Waals surface area contributed by atoms with E-state index in [-0.39, 0.29) is 24.7 Å². The number of nitrogens with one attached hydrogen (secondary N) is 2. The lowest BCUT2D eigenvalue weighted by atomic mass is 10.1. The van der Waals surface area contributed by atoms with Crippen LogP contribution in [0, 0.1) is 0 Å². The molecule has 0 spiro atoms. The molecule has 0 fully saturated rings. The zero-order chi connectivity index (χ0) is 42.7. The summed E-state index contributed by atoms with van der Waals surface area (Å²) in [6, 6.07) is -2.11. The summed E-state index contributed by atoms with van der Waals surface area (Å²) in [5.74, 6) is -2.07. The Labute approximate surface area is 351 Å². The van der Waals surface area contributed by atoms with Crippen LogP contribution in [-0.2, 0) is 28.7 Å². The third-order valence-electron chi connectivity index (χ3n) is 8.34. The van der Waals surface area contributed by atoms with Crippen LogP contribution in [0.3, 0.4) is 0 Å². The summed E-state index contributed by atoms with van der Waals surface area (Å²) in [6.45, 7) is 7.30. The Kier molecular flexibility index (Phi) is 36.8. The van der Waals surface area contributed by atoms with E-state index in [1.54, 1.807) is 0 Å². The second kappa shape index (κ2) is 40.2. The van der Waals surface area contributed by atoms with Crippen molar-refractivity contribution >= 4 is 23.8 Å². The maximum atomic E-state index is 12.7. The maximum absolute atomic E-state index is 12.7. The van der Waals surface area contributed by atoms with Crippen LogP contribution in [-0.4, -0.2) is 49.1 Å². The smallest absolute Gasteiger partial charge is 0.332 e. The van der Waals surface area contributed by atoms with E-state index >= 15 is 0 Å². The number of hydrogen-bond donors (Lipinski definition) is 2. The van der Waals surface area contributed by atoms with E-state index in [9.17, 15) is 19.2 Å². The second-order valence-electron chi connectivity index (χ2n) is 13.6. The van der Waals surface area contributed by atoms with Gasteiger partial charge in [-0.1, -0.05) is 148 Å². The number of esters is 2. The Bertz CT molecular complexity index is 1440. The van der Waals surface area contributed by atoms with Gasteiger partial charge in [-0.2, -0.15) is 0 Å². The summed E-state index contributed by atoms with van der Waals surface area (Å²) < 4.78 is 10.3. The second-order valence-corrected chi connectivity index (χ2v) is 13.6. The summed E-state index contributed by atoms with van der Waals surface area (Å²) in [6.07, 6.45) is 58.5. The van der Waals surface area contributed by atoms with E-state index in [1.807, 2.05) is 18.2 Å². The van der Waals surface area contributed by atoms with E-state index < -0.39 is 30.1 Å². The number of rotatable bonds is 33. The average Bonchev–Trinajstić information content (AvgIpc) is 3.21. The van der Waals surface area contributed by atoms with Crippen LogP contribution in [0.4, 0.5) is 0 Å². The molecule has 3 atom stereocenters. The quantitative estimate of drug-likeness (QED) is 0.0389. The molecule has 8 heteroatoms. The molecule has 58 heavy (non-hydrogen) atoms. The van der Waals surface area contributed by atoms with Crippen LogP contribution >= 0.6 is 0 Å². The summed E-state index contributed by atoms with van der Waals surface area (Å²) in [7, 11) is 1.21. The van der Waals surface area contributed by atoms with E-state index in [0.29, 0.717) is 19.3 Å². The summed E-state index contributed by atoms with van der Waals surface area (Å²) >= 11 is 0. The van der Waals surface area contributed by atoms with Gasteiger partial charge >= 0.3 is 11.9 Å². The molecule has 0 saturated carbocycles. The van der Waals surface area contributed by atoms with Crippen LogP contribution < -0.4 is 10.6 Å². The first-order chi connectivity index (χ1) is 28.3. The Hall–Kier alpha value is -4.98. The predicted octanol–water partition coefficient (Wildman–Crippen LogP) is 11.5. The number of allylic oxidation sites excluding steroid dienone is 22. The first-order valence-electron chi connectivity index (χ1n) is 21.3. The molecule has 0 radical (unpaired) electrons. The standard InChI is InChI=1S/C50H74N2O6/c1-6-8-10-12-14-16-18-20-22-24-25-27-29-30-32-34-36-38-40-42-46(53)51-44(3)49(55)58-45(4)48(50(56)57-5)52-47(54)43-41-39-37-35-33-31-28-26-23-21-19-17-15-13-11-9-7-2/h8-11,14-17,20-23,25,27-28,30-32,35-38,44-45,48H,6-7,12-13,18-19,24,26,29,33-34,39-43H2,1-5H3,(H,51,53)(H,52,54)/b10-8-,11-9-,16-14-,17-15-,22-20-,23-21-,27-25-,31-28-,32-30-,37-35-,38-36-/t44-,45+,48-/m0/s1. The number of ether oxygens (including phenoxy) is 2. The minimum absolute atomic E-state index is 0.200. The Morgan fingerprint density at radius 2 is 0.793 bits per heavy atom. The van der Waals surface area contributed by atoms with E-state index in [0.717, 1.165) is 70.6 Å². The van der Waals surface area contributed by atoms with E-state index in [1.165, 1.54) is 21.0 Å². The highest BCUT2D eigenvalue weighted by Gasteiger charge is 2.31. The Balaban J connectivity index is 4.32. The fourth-order valence-corrected chi connectivity index (χ4v) is 5.07. The number of hydrogen-bond acceptors (Lipinski definition) is 6. The number of methoxy groups -OCH3 is 1. The van der Waals surface area contributed by atoms with Gasteiger partial charge in [0, 0.05) is 12.8 Å². The van der Waals surface area contributed by atoms with Crippen molar-refractivity contribution in [2.45, 2.75) is 149 Å². The summed E-state index contributed by atoms with van der Waals surface area (Å²) in [5.41, 5.74) is 0. The van der Waals surface area contributed by atoms with Crippen molar-refractivity contribution in [2.24, 2.45) is 0 Å². The van der Waals surface area contributed by atoms with E-state index in [4.69, 9.17) is 9.47 Å². The number of carbonyl (C=O) groups excluding carboxylic acids is 4. The average molecular weight is 799 g/mol. The van der Waals surface area contributed by atoms with Gasteiger partial charge in [0.1, 0.15) is 12.1 Å². The maximum Gasteiger partial charge on any atom is 0.332 e. The molecule has 0 aliphatic heterocycles. The van der Waals surface area contributed by atoms with Crippen molar-refractivity contribution in [3.05, 3.63) is 134 Å². The van der Waals surface area contributed by atoms with Crippen molar-refractivity contribution in [1.29, 1.82) is 0 Å². The molecule has 0 saturated heterocycles. The molecule has 0 aliphatic carbocycles. The zero-order valence-electron chi connectivity index (χ0n) is 36.2. The monoisotopic (exact) mass is 799 g/mol. The first kappa shape index (κ1) is 53.0. The number of unbranched alkanes of at least 4 members (excludes halogenated alkanes) is 1.